The number of para-hydroxylation sites is 1. The molecule has 2 amide bonds. The Balaban J connectivity index is 1.27. The van der Waals surface area contributed by atoms with Crippen molar-refractivity contribution < 1.29 is 14.3 Å². The second kappa shape index (κ2) is 12.5. The Kier molecular flexibility index (Phi) is 9.12. The minimum absolute atomic E-state index is 0.0300. The summed E-state index contributed by atoms with van der Waals surface area (Å²) in [6.45, 7) is 0.566. The second-order valence-corrected chi connectivity index (χ2v) is 11.0. The van der Waals surface area contributed by atoms with Crippen LogP contribution < -0.4 is 10.1 Å². The number of hydrogen-bond acceptors (Lipinski definition) is 7. The molecule has 1 aliphatic heterocycles. The molecule has 2 aromatic rings. The highest BCUT2D eigenvalue weighted by molar-refractivity contribution is 8.26. The summed E-state index contributed by atoms with van der Waals surface area (Å²) in [5, 5.41) is 5.24. The number of carbonyl (C=O) groups is 2. The Labute approximate surface area is 214 Å². The van der Waals surface area contributed by atoms with Crippen LogP contribution in [-0.4, -0.2) is 38.7 Å². The van der Waals surface area contributed by atoms with Gasteiger partial charge in [0.15, 0.2) is 5.13 Å². The third-order valence-electron chi connectivity index (χ3n) is 5.89. The number of carbonyl (C=O) groups excluding carboxylic acids is 2. The number of benzene rings is 1. The molecule has 1 aromatic heterocycles. The Bertz CT molecular complexity index is 1030. The fraction of sp³-hybridized carbons (Fsp3) is 0.440. The molecule has 1 saturated heterocycles. The van der Waals surface area contributed by atoms with Gasteiger partial charge in [-0.3, -0.25) is 14.5 Å². The molecule has 1 saturated carbocycles. The van der Waals surface area contributed by atoms with E-state index in [4.69, 9.17) is 17.0 Å². The van der Waals surface area contributed by atoms with E-state index in [-0.39, 0.29) is 17.9 Å². The molecule has 0 bridgehead atoms. The van der Waals surface area contributed by atoms with Gasteiger partial charge in [0, 0.05) is 30.1 Å². The molecule has 2 heterocycles. The van der Waals surface area contributed by atoms with Crippen molar-refractivity contribution >= 4 is 62.7 Å². The molecule has 0 spiro atoms. The predicted octanol–water partition coefficient (Wildman–Crippen LogP) is 6.25. The molecule has 0 unspecified atom stereocenters. The van der Waals surface area contributed by atoms with Crippen molar-refractivity contribution in [3.05, 3.63) is 46.3 Å². The van der Waals surface area contributed by atoms with Gasteiger partial charge in [-0.25, -0.2) is 4.98 Å². The standard InChI is InChI=1S/C25H29N3O3S3/c29-22(27-24-26-14-16-33-24)13-5-2-8-15-28-23(30)21(34-25(28)32)17-18-9-6-7-12-20(18)31-19-10-3-1-4-11-19/h6-7,9,12,14,16-17,19H,1-5,8,10-11,13,15H2,(H,26,27,29)/b21-17-. The summed E-state index contributed by atoms with van der Waals surface area (Å²) in [6, 6.07) is 7.90. The molecule has 0 radical (unpaired) electrons. The number of unbranched alkanes of at least 4 members (excludes halogenated alkanes) is 2. The van der Waals surface area contributed by atoms with E-state index in [9.17, 15) is 9.59 Å². The van der Waals surface area contributed by atoms with Crippen molar-refractivity contribution in [2.24, 2.45) is 0 Å². The van der Waals surface area contributed by atoms with Crippen LogP contribution in [0.25, 0.3) is 6.08 Å². The fourth-order valence-electron chi connectivity index (χ4n) is 4.10. The Morgan fingerprint density at radius 3 is 2.82 bits per heavy atom. The Hall–Kier alpha value is -2.23. The quantitative estimate of drug-likeness (QED) is 0.229. The molecule has 1 N–H and O–H groups in total. The number of aromatic nitrogens is 1. The monoisotopic (exact) mass is 515 g/mol. The third-order valence-corrected chi connectivity index (χ3v) is 7.96. The van der Waals surface area contributed by atoms with Crippen LogP contribution in [-0.2, 0) is 9.59 Å². The molecule has 4 rings (SSSR count). The van der Waals surface area contributed by atoms with Crippen LogP contribution in [0.3, 0.4) is 0 Å². The van der Waals surface area contributed by atoms with Crippen molar-refractivity contribution in [2.75, 3.05) is 11.9 Å². The first-order valence-electron chi connectivity index (χ1n) is 11.8. The SMILES string of the molecule is O=C(CCCCCN1C(=O)/C(=C/c2ccccc2OC2CCCCC2)SC1=S)Nc1nccs1. The molecular formula is C25H29N3O3S3. The summed E-state index contributed by atoms with van der Waals surface area (Å²) in [5.74, 6) is 0.747. The average Bonchev–Trinajstić information content (AvgIpc) is 3.44. The van der Waals surface area contributed by atoms with E-state index in [0.29, 0.717) is 27.3 Å². The van der Waals surface area contributed by atoms with Gasteiger partial charge < -0.3 is 10.1 Å². The van der Waals surface area contributed by atoms with Crippen molar-refractivity contribution in [1.29, 1.82) is 0 Å². The number of nitrogens with one attached hydrogen (secondary N) is 1. The number of hydrogen-bond donors (Lipinski definition) is 1. The van der Waals surface area contributed by atoms with Crippen LogP contribution in [0.1, 0.15) is 63.4 Å². The van der Waals surface area contributed by atoms with E-state index >= 15 is 0 Å². The predicted molar refractivity (Wildman–Crippen MR) is 143 cm³/mol. The lowest BCUT2D eigenvalue weighted by Gasteiger charge is -2.23. The maximum atomic E-state index is 13.0. The number of rotatable bonds is 10. The highest BCUT2D eigenvalue weighted by atomic mass is 32.2. The lowest BCUT2D eigenvalue weighted by molar-refractivity contribution is -0.122. The minimum Gasteiger partial charge on any atom is -0.490 e. The van der Waals surface area contributed by atoms with Crippen LogP contribution in [0, 0.1) is 0 Å². The molecule has 2 fully saturated rings. The Morgan fingerprint density at radius 2 is 2.03 bits per heavy atom. The fourth-order valence-corrected chi connectivity index (χ4v) is 5.95. The molecule has 180 valence electrons. The number of nitrogens with zero attached hydrogens (tertiary/aromatic N) is 2. The van der Waals surface area contributed by atoms with Gasteiger partial charge in [0.1, 0.15) is 10.1 Å². The van der Waals surface area contributed by atoms with Crippen LogP contribution in [0.2, 0.25) is 0 Å². The summed E-state index contributed by atoms with van der Waals surface area (Å²) in [5.41, 5.74) is 0.916. The van der Waals surface area contributed by atoms with Gasteiger partial charge in [-0.05, 0) is 50.7 Å². The zero-order chi connectivity index (χ0) is 23.8. The number of ether oxygens (including phenoxy) is 1. The molecular weight excluding hydrogens is 486 g/mol. The van der Waals surface area contributed by atoms with Gasteiger partial charge in [0.2, 0.25) is 5.91 Å². The van der Waals surface area contributed by atoms with E-state index in [0.717, 1.165) is 43.4 Å². The summed E-state index contributed by atoms with van der Waals surface area (Å²) in [6.07, 6.45) is 12.5. The van der Waals surface area contributed by atoms with Gasteiger partial charge >= 0.3 is 0 Å². The lowest BCUT2D eigenvalue weighted by Crippen LogP contribution is -2.29. The van der Waals surface area contributed by atoms with Crippen LogP contribution in [0.5, 0.6) is 5.75 Å². The van der Waals surface area contributed by atoms with Crippen molar-refractivity contribution in [3.8, 4) is 5.75 Å². The van der Waals surface area contributed by atoms with E-state index in [1.54, 1.807) is 11.1 Å². The summed E-state index contributed by atoms with van der Waals surface area (Å²) in [7, 11) is 0. The molecule has 9 heteroatoms. The molecule has 34 heavy (non-hydrogen) atoms. The number of anilines is 1. The normalized spacial score (nSPS) is 18.0. The lowest BCUT2D eigenvalue weighted by atomic mass is 9.97. The number of thiazole rings is 1. The molecule has 1 aromatic carbocycles. The van der Waals surface area contributed by atoms with E-state index in [1.165, 1.54) is 42.4 Å². The average molecular weight is 516 g/mol. The minimum atomic E-state index is -0.0519. The van der Waals surface area contributed by atoms with Crippen LogP contribution in [0.4, 0.5) is 5.13 Å². The van der Waals surface area contributed by atoms with Crippen molar-refractivity contribution in [2.45, 2.75) is 63.9 Å². The first-order chi connectivity index (χ1) is 16.6. The van der Waals surface area contributed by atoms with E-state index < -0.39 is 0 Å². The second-order valence-electron chi connectivity index (χ2n) is 8.45. The van der Waals surface area contributed by atoms with E-state index in [1.807, 2.05) is 35.7 Å². The molecule has 6 nitrogen and oxygen atoms in total. The highest BCUT2D eigenvalue weighted by Gasteiger charge is 2.31. The van der Waals surface area contributed by atoms with Gasteiger partial charge in [-0.2, -0.15) is 0 Å². The maximum absolute atomic E-state index is 13.0. The van der Waals surface area contributed by atoms with Gasteiger partial charge in [0.05, 0.1) is 11.0 Å². The summed E-state index contributed by atoms with van der Waals surface area (Å²) in [4.78, 5) is 31.3. The highest BCUT2D eigenvalue weighted by Crippen LogP contribution is 2.35. The molecule has 0 atom stereocenters. The van der Waals surface area contributed by atoms with Crippen molar-refractivity contribution in [1.82, 2.24) is 9.88 Å². The zero-order valence-corrected chi connectivity index (χ0v) is 21.5. The number of thiocarbonyl (C=S) groups is 1. The van der Waals surface area contributed by atoms with Crippen LogP contribution >= 0.6 is 35.3 Å². The van der Waals surface area contributed by atoms with Gasteiger partial charge in [0.25, 0.3) is 5.91 Å². The molecule has 2 aliphatic rings. The van der Waals surface area contributed by atoms with Gasteiger partial charge in [-0.15, -0.1) is 11.3 Å². The van der Waals surface area contributed by atoms with Gasteiger partial charge in [-0.1, -0.05) is 55.0 Å². The topological polar surface area (TPSA) is 71.5 Å². The Morgan fingerprint density at radius 1 is 1.21 bits per heavy atom. The van der Waals surface area contributed by atoms with Crippen molar-refractivity contribution in [3.63, 3.8) is 0 Å². The van der Waals surface area contributed by atoms with Crippen LogP contribution in [0.15, 0.2) is 40.7 Å². The number of thioether (sulfide) groups is 1. The first kappa shape index (κ1) is 24.9. The summed E-state index contributed by atoms with van der Waals surface area (Å²) < 4.78 is 6.87. The van der Waals surface area contributed by atoms with E-state index in [2.05, 4.69) is 10.3 Å². The smallest absolute Gasteiger partial charge is 0.266 e. The largest absolute Gasteiger partial charge is 0.490 e. The number of amides is 2. The zero-order valence-electron chi connectivity index (χ0n) is 19.0. The first-order valence-corrected chi connectivity index (χ1v) is 13.9. The molecule has 1 aliphatic carbocycles. The summed E-state index contributed by atoms with van der Waals surface area (Å²) >= 11 is 8.24. The maximum Gasteiger partial charge on any atom is 0.266 e. The third kappa shape index (κ3) is 6.90.